The van der Waals surface area contributed by atoms with E-state index in [0.29, 0.717) is 0 Å². The van der Waals surface area contributed by atoms with Gasteiger partial charge in [0.2, 0.25) is 0 Å². The van der Waals surface area contributed by atoms with E-state index in [0.717, 1.165) is 4.90 Å². The summed E-state index contributed by atoms with van der Waals surface area (Å²) >= 11 is 4.67. The van der Waals surface area contributed by atoms with Gasteiger partial charge in [0.05, 0.1) is 0 Å². The highest BCUT2D eigenvalue weighted by molar-refractivity contribution is 7.80. The first-order chi connectivity index (χ1) is 13.3. The molecule has 27 heavy (non-hydrogen) atoms. The molecule has 0 nitrogen and oxygen atoms in total. The van der Waals surface area contributed by atoms with E-state index < -0.39 is 0 Å². The summed E-state index contributed by atoms with van der Waals surface area (Å²) in [6.07, 6.45) is 0. The van der Waals surface area contributed by atoms with Gasteiger partial charge in [-0.2, -0.15) is 0 Å². The molecule has 6 rings (SSSR count). The van der Waals surface area contributed by atoms with E-state index in [1.165, 1.54) is 53.9 Å². The van der Waals surface area contributed by atoms with E-state index in [1.54, 1.807) is 0 Å². The summed E-state index contributed by atoms with van der Waals surface area (Å²) in [5.74, 6) is 0. The molecule has 0 N–H and O–H groups in total. The van der Waals surface area contributed by atoms with Crippen LogP contribution in [0.3, 0.4) is 0 Å². The number of fused-ring (bicyclic) bond motifs is 6. The normalized spacial score (nSPS) is 11.9. The maximum Gasteiger partial charge on any atom is 0.0119 e. The van der Waals surface area contributed by atoms with Gasteiger partial charge < -0.3 is 0 Å². The second-order valence-electron chi connectivity index (χ2n) is 7.26. The summed E-state index contributed by atoms with van der Waals surface area (Å²) in [4.78, 5) is 1.03. The lowest BCUT2D eigenvalue weighted by atomic mass is 9.95. The van der Waals surface area contributed by atoms with Crippen molar-refractivity contribution in [2.24, 2.45) is 0 Å². The Morgan fingerprint density at radius 1 is 0.370 bits per heavy atom. The third-order valence-electron chi connectivity index (χ3n) is 5.63. The molecular formula is C26H16S. The minimum Gasteiger partial charge on any atom is -0.143 e. The fourth-order valence-corrected chi connectivity index (χ4v) is 4.54. The smallest absolute Gasteiger partial charge is 0.0119 e. The van der Waals surface area contributed by atoms with Gasteiger partial charge in [-0.1, -0.05) is 48.5 Å². The molecule has 6 aromatic carbocycles. The van der Waals surface area contributed by atoms with Crippen LogP contribution in [-0.4, -0.2) is 0 Å². The molecule has 0 unspecified atom stereocenters. The third-order valence-corrected chi connectivity index (χ3v) is 6.02. The van der Waals surface area contributed by atoms with Crippen molar-refractivity contribution in [2.75, 3.05) is 0 Å². The molecule has 0 radical (unpaired) electrons. The molecule has 0 amide bonds. The number of benzene rings is 6. The number of hydrogen-bond acceptors (Lipinski definition) is 1. The van der Waals surface area contributed by atoms with E-state index in [9.17, 15) is 0 Å². The number of hydrogen-bond donors (Lipinski definition) is 1. The van der Waals surface area contributed by atoms with Crippen molar-refractivity contribution in [3.8, 4) is 0 Å². The molecule has 0 bridgehead atoms. The fourth-order valence-electron chi connectivity index (χ4n) is 4.26. The third kappa shape index (κ3) is 2.25. The van der Waals surface area contributed by atoms with Gasteiger partial charge in [-0.3, -0.25) is 0 Å². The van der Waals surface area contributed by atoms with E-state index in [4.69, 9.17) is 0 Å². The van der Waals surface area contributed by atoms with Crippen molar-refractivity contribution in [3.63, 3.8) is 0 Å². The Labute approximate surface area is 162 Å². The molecule has 0 aromatic heterocycles. The summed E-state index contributed by atoms with van der Waals surface area (Å²) < 4.78 is 0. The SMILES string of the molecule is Sc1cccc2cc3ccc4cc5cc6ccccc6cc5cc4c3cc12. The molecular weight excluding hydrogens is 344 g/mol. The summed E-state index contributed by atoms with van der Waals surface area (Å²) in [6, 6.07) is 33.1. The van der Waals surface area contributed by atoms with E-state index in [-0.39, 0.29) is 0 Å². The van der Waals surface area contributed by atoms with Crippen LogP contribution in [0.25, 0.3) is 53.9 Å². The van der Waals surface area contributed by atoms with Gasteiger partial charge in [0.15, 0.2) is 0 Å². The molecule has 0 spiro atoms. The molecule has 6 aromatic rings. The Morgan fingerprint density at radius 3 is 1.63 bits per heavy atom. The standard InChI is InChI=1S/C26H16S/c27-26-7-3-6-18-12-19-8-9-20-13-21-10-16-4-1-2-5-17(16)11-22(21)14-23(20)24(19)15-25(18)26/h1-15,27H. The molecule has 0 fully saturated rings. The van der Waals surface area contributed by atoms with Crippen LogP contribution in [0.2, 0.25) is 0 Å². The number of thiol groups is 1. The van der Waals surface area contributed by atoms with Crippen LogP contribution in [-0.2, 0) is 0 Å². The molecule has 1 heteroatoms. The van der Waals surface area contributed by atoms with E-state index in [2.05, 4.69) is 104 Å². The van der Waals surface area contributed by atoms with Crippen LogP contribution in [0.15, 0.2) is 95.9 Å². The first-order valence-electron chi connectivity index (χ1n) is 9.17. The van der Waals surface area contributed by atoms with Crippen molar-refractivity contribution < 1.29 is 0 Å². The summed E-state index contributed by atoms with van der Waals surface area (Å²) in [6.45, 7) is 0. The molecule has 126 valence electrons. The minimum atomic E-state index is 1.03. The van der Waals surface area contributed by atoms with E-state index in [1.807, 2.05) is 0 Å². The Bertz CT molecular complexity index is 1530. The van der Waals surface area contributed by atoms with Gasteiger partial charge in [-0.25, -0.2) is 0 Å². The van der Waals surface area contributed by atoms with Crippen molar-refractivity contribution in [1.82, 2.24) is 0 Å². The maximum absolute atomic E-state index is 4.67. The average molecular weight is 360 g/mol. The van der Waals surface area contributed by atoms with Crippen molar-refractivity contribution in [1.29, 1.82) is 0 Å². The Kier molecular flexibility index (Phi) is 3.06. The van der Waals surface area contributed by atoms with Crippen LogP contribution in [0, 0.1) is 0 Å². The largest absolute Gasteiger partial charge is 0.143 e. The molecule has 0 atom stereocenters. The molecule has 0 heterocycles. The quantitative estimate of drug-likeness (QED) is 0.160. The molecule has 0 aliphatic rings. The first kappa shape index (κ1) is 15.1. The second kappa shape index (κ2) is 5.48. The zero-order valence-electron chi connectivity index (χ0n) is 14.6. The highest BCUT2D eigenvalue weighted by atomic mass is 32.1. The van der Waals surface area contributed by atoms with Crippen molar-refractivity contribution in [2.45, 2.75) is 4.90 Å². The Morgan fingerprint density at radius 2 is 0.889 bits per heavy atom. The second-order valence-corrected chi connectivity index (χ2v) is 7.74. The molecule has 0 saturated carbocycles. The van der Waals surface area contributed by atoms with Crippen LogP contribution in [0.1, 0.15) is 0 Å². The predicted octanol–water partition coefficient (Wildman–Crippen LogP) is 7.74. The minimum absolute atomic E-state index is 1.03. The predicted molar refractivity (Wildman–Crippen MR) is 121 cm³/mol. The van der Waals surface area contributed by atoms with Gasteiger partial charge in [-0.05, 0) is 96.3 Å². The van der Waals surface area contributed by atoms with Crippen LogP contribution >= 0.6 is 12.6 Å². The zero-order valence-corrected chi connectivity index (χ0v) is 15.5. The summed E-state index contributed by atoms with van der Waals surface area (Å²) in [5.41, 5.74) is 0. The van der Waals surface area contributed by atoms with Crippen molar-refractivity contribution in [3.05, 3.63) is 91.0 Å². The monoisotopic (exact) mass is 360 g/mol. The molecule has 0 saturated heterocycles. The van der Waals surface area contributed by atoms with Crippen LogP contribution in [0.4, 0.5) is 0 Å². The van der Waals surface area contributed by atoms with Gasteiger partial charge in [0.25, 0.3) is 0 Å². The van der Waals surface area contributed by atoms with Gasteiger partial charge in [0, 0.05) is 4.90 Å². The zero-order chi connectivity index (χ0) is 18.0. The topological polar surface area (TPSA) is 0 Å². The van der Waals surface area contributed by atoms with Crippen LogP contribution < -0.4 is 0 Å². The van der Waals surface area contributed by atoms with E-state index >= 15 is 0 Å². The lowest BCUT2D eigenvalue weighted by molar-refractivity contribution is 1.58. The van der Waals surface area contributed by atoms with Crippen LogP contribution in [0.5, 0.6) is 0 Å². The maximum atomic E-state index is 4.67. The highest BCUT2D eigenvalue weighted by Crippen LogP contribution is 2.34. The summed E-state index contributed by atoms with van der Waals surface area (Å²) in [7, 11) is 0. The van der Waals surface area contributed by atoms with Gasteiger partial charge >= 0.3 is 0 Å². The average Bonchev–Trinajstić information content (AvgIpc) is 2.70. The molecule has 0 aliphatic heterocycles. The highest BCUT2D eigenvalue weighted by Gasteiger charge is 2.07. The Hall–Kier alpha value is -3.03. The summed E-state index contributed by atoms with van der Waals surface area (Å²) in [5, 5.41) is 12.7. The lowest BCUT2D eigenvalue weighted by Gasteiger charge is -2.10. The van der Waals surface area contributed by atoms with Gasteiger partial charge in [0.1, 0.15) is 0 Å². The number of rotatable bonds is 0. The fraction of sp³-hybridized carbons (Fsp3) is 0. The lowest BCUT2D eigenvalue weighted by Crippen LogP contribution is -1.83. The first-order valence-corrected chi connectivity index (χ1v) is 9.62. The molecule has 0 aliphatic carbocycles. The van der Waals surface area contributed by atoms with Crippen molar-refractivity contribution >= 4 is 66.5 Å². The Balaban J connectivity index is 1.78. The van der Waals surface area contributed by atoms with Gasteiger partial charge in [-0.15, -0.1) is 12.6 Å².